The van der Waals surface area contributed by atoms with E-state index >= 15 is 0 Å². The van der Waals surface area contributed by atoms with E-state index in [9.17, 15) is 10.1 Å². The average molecular weight is 373 g/mol. The summed E-state index contributed by atoms with van der Waals surface area (Å²) in [5, 5.41) is 19.9. The molecule has 0 fully saturated rings. The number of hydrogen-bond acceptors (Lipinski definition) is 6. The van der Waals surface area contributed by atoms with E-state index < -0.39 is 5.41 Å². The smallest absolute Gasteiger partial charge is 0.251 e. The maximum Gasteiger partial charge on any atom is 0.251 e. The van der Waals surface area contributed by atoms with Crippen molar-refractivity contribution >= 4 is 10.9 Å². The van der Waals surface area contributed by atoms with Crippen molar-refractivity contribution in [3.8, 4) is 18.0 Å². The monoisotopic (exact) mass is 373 g/mol. The number of benzene rings is 1. The molecular formula is C21H19N5O2. The van der Waals surface area contributed by atoms with Crippen LogP contribution in [0, 0.1) is 22.7 Å². The molecule has 0 unspecified atom stereocenters. The van der Waals surface area contributed by atoms with Gasteiger partial charge in [-0.3, -0.25) is 4.79 Å². The van der Waals surface area contributed by atoms with Gasteiger partial charge in [0.15, 0.2) is 0 Å². The topological polar surface area (TPSA) is 115 Å². The zero-order valence-corrected chi connectivity index (χ0v) is 15.9. The van der Waals surface area contributed by atoms with Gasteiger partial charge in [0.2, 0.25) is 5.88 Å². The number of rotatable bonds is 5. The predicted molar refractivity (Wildman–Crippen MR) is 104 cm³/mol. The van der Waals surface area contributed by atoms with Crippen LogP contribution in [0.1, 0.15) is 36.5 Å². The summed E-state index contributed by atoms with van der Waals surface area (Å²) >= 11 is 0. The summed E-state index contributed by atoms with van der Waals surface area (Å²) in [5.74, 6) is 0.617. The Bertz CT molecular complexity index is 1190. The van der Waals surface area contributed by atoms with E-state index in [0.29, 0.717) is 17.8 Å². The summed E-state index contributed by atoms with van der Waals surface area (Å²) in [5.41, 5.74) is 1.22. The molecule has 1 atom stereocenters. The van der Waals surface area contributed by atoms with Crippen molar-refractivity contribution in [2.24, 2.45) is 0 Å². The number of ether oxygens (including phenoxy) is 1. The molecule has 2 heterocycles. The van der Waals surface area contributed by atoms with Crippen molar-refractivity contribution < 1.29 is 4.74 Å². The largest absolute Gasteiger partial charge is 0.481 e. The number of aromatic nitrogens is 3. The van der Waals surface area contributed by atoms with Crippen LogP contribution in [0.2, 0.25) is 0 Å². The second kappa shape index (κ2) is 7.50. The Morgan fingerprint density at radius 3 is 2.64 bits per heavy atom. The van der Waals surface area contributed by atoms with Crippen molar-refractivity contribution in [3.05, 3.63) is 63.3 Å². The van der Waals surface area contributed by atoms with Crippen LogP contribution in [0.4, 0.5) is 0 Å². The fourth-order valence-electron chi connectivity index (χ4n) is 3.09. The summed E-state index contributed by atoms with van der Waals surface area (Å²) in [6.07, 6.45) is 0.843. The minimum atomic E-state index is -0.951. The molecule has 0 bridgehead atoms. The number of fused-ring (bicyclic) bond motifs is 1. The zero-order valence-electron chi connectivity index (χ0n) is 15.9. The summed E-state index contributed by atoms with van der Waals surface area (Å²) < 4.78 is 5.12. The molecule has 7 nitrogen and oxygen atoms in total. The van der Waals surface area contributed by atoms with Crippen LogP contribution >= 0.6 is 0 Å². The van der Waals surface area contributed by atoms with Gasteiger partial charge < -0.3 is 9.72 Å². The maximum absolute atomic E-state index is 12.1. The number of aryl methyl sites for hydroxylation is 1. The first kappa shape index (κ1) is 19.1. The third kappa shape index (κ3) is 3.56. The van der Waals surface area contributed by atoms with E-state index in [0.717, 1.165) is 16.5 Å². The van der Waals surface area contributed by atoms with Crippen LogP contribution in [0.5, 0.6) is 5.88 Å². The molecule has 1 aromatic carbocycles. The van der Waals surface area contributed by atoms with Gasteiger partial charge in [0, 0.05) is 23.6 Å². The Hall–Kier alpha value is -3.71. The minimum absolute atomic E-state index is 0.124. The van der Waals surface area contributed by atoms with Crippen LogP contribution in [-0.4, -0.2) is 22.1 Å². The number of aromatic amines is 1. The molecule has 0 radical (unpaired) electrons. The second-order valence-corrected chi connectivity index (χ2v) is 6.72. The molecule has 7 heteroatoms. The van der Waals surface area contributed by atoms with Gasteiger partial charge in [0.05, 0.1) is 18.6 Å². The van der Waals surface area contributed by atoms with E-state index in [2.05, 4.69) is 21.0 Å². The highest BCUT2D eigenvalue weighted by atomic mass is 16.5. The molecule has 0 saturated carbocycles. The molecule has 0 aliphatic heterocycles. The normalized spacial score (nSPS) is 12.8. The van der Waals surface area contributed by atoms with E-state index in [4.69, 9.17) is 10.00 Å². The molecule has 28 heavy (non-hydrogen) atoms. The van der Waals surface area contributed by atoms with Crippen LogP contribution in [0.15, 0.2) is 35.1 Å². The van der Waals surface area contributed by atoms with Crippen LogP contribution < -0.4 is 10.3 Å². The fraction of sp³-hybridized carbons (Fsp3) is 0.286. The molecule has 140 valence electrons. The van der Waals surface area contributed by atoms with Gasteiger partial charge in [-0.2, -0.15) is 15.5 Å². The molecule has 0 aliphatic carbocycles. The quantitative estimate of drug-likeness (QED) is 0.735. The highest BCUT2D eigenvalue weighted by Gasteiger charge is 2.29. The third-order valence-corrected chi connectivity index (χ3v) is 4.77. The number of pyridine rings is 1. The lowest BCUT2D eigenvalue weighted by atomic mass is 9.80. The van der Waals surface area contributed by atoms with Gasteiger partial charge >= 0.3 is 0 Å². The molecular weight excluding hydrogens is 354 g/mol. The standard InChI is InChI=1S/C21H19N5O2/c1-4-13-7-14-5-6-15(8-17(14)25-20(13)27)21(2,12-23)10-18-24-16(11-22)9-19(26-18)28-3/h5-9H,4,10H2,1-3H3,(H,25,27)/t21-/m0/s1. The van der Waals surface area contributed by atoms with Gasteiger partial charge in [-0.1, -0.05) is 19.1 Å². The van der Waals surface area contributed by atoms with E-state index in [1.165, 1.54) is 13.2 Å². The summed E-state index contributed by atoms with van der Waals surface area (Å²) in [4.78, 5) is 23.5. The molecule has 0 saturated heterocycles. The number of hydrogen-bond donors (Lipinski definition) is 1. The lowest BCUT2D eigenvalue weighted by molar-refractivity contribution is 0.393. The number of H-pyrrole nitrogens is 1. The van der Waals surface area contributed by atoms with Gasteiger partial charge in [0.25, 0.3) is 5.56 Å². The minimum Gasteiger partial charge on any atom is -0.481 e. The number of nitrogens with one attached hydrogen (secondary N) is 1. The maximum atomic E-state index is 12.1. The first-order chi connectivity index (χ1) is 13.4. The lowest BCUT2D eigenvalue weighted by Crippen LogP contribution is -2.24. The van der Waals surface area contributed by atoms with Crippen LogP contribution in [-0.2, 0) is 18.3 Å². The number of methoxy groups -OCH3 is 1. The Morgan fingerprint density at radius 2 is 2.00 bits per heavy atom. The first-order valence-electron chi connectivity index (χ1n) is 8.82. The Labute approximate surface area is 162 Å². The molecule has 1 N–H and O–H groups in total. The van der Waals surface area contributed by atoms with Crippen molar-refractivity contribution in [2.45, 2.75) is 32.1 Å². The van der Waals surface area contributed by atoms with E-state index in [-0.39, 0.29) is 23.6 Å². The highest BCUT2D eigenvalue weighted by molar-refractivity contribution is 5.80. The van der Waals surface area contributed by atoms with Gasteiger partial charge in [-0.05, 0) is 36.4 Å². The van der Waals surface area contributed by atoms with Crippen molar-refractivity contribution in [2.75, 3.05) is 7.11 Å². The van der Waals surface area contributed by atoms with Gasteiger partial charge in [-0.25, -0.2) is 4.98 Å². The Kier molecular flexibility index (Phi) is 5.10. The number of nitrogens with zero attached hydrogens (tertiary/aromatic N) is 4. The van der Waals surface area contributed by atoms with Crippen LogP contribution in [0.25, 0.3) is 10.9 Å². The molecule has 3 aromatic rings. The average Bonchev–Trinajstić information content (AvgIpc) is 2.72. The van der Waals surface area contributed by atoms with Crippen molar-refractivity contribution in [3.63, 3.8) is 0 Å². The predicted octanol–water partition coefficient (Wildman–Crippen LogP) is 2.78. The highest BCUT2D eigenvalue weighted by Crippen LogP contribution is 2.29. The Morgan fingerprint density at radius 1 is 1.21 bits per heavy atom. The molecule has 0 aliphatic rings. The van der Waals surface area contributed by atoms with Gasteiger partial charge in [-0.15, -0.1) is 0 Å². The van der Waals surface area contributed by atoms with Gasteiger partial charge in [0.1, 0.15) is 17.6 Å². The first-order valence-corrected chi connectivity index (χ1v) is 8.82. The molecule has 0 amide bonds. The second-order valence-electron chi connectivity index (χ2n) is 6.72. The van der Waals surface area contributed by atoms with Crippen molar-refractivity contribution in [1.82, 2.24) is 15.0 Å². The van der Waals surface area contributed by atoms with Crippen LogP contribution in [0.3, 0.4) is 0 Å². The SMILES string of the molecule is CCc1cc2ccc([C@](C)(C#N)Cc3nc(C#N)cc(OC)n3)cc2[nH]c1=O. The molecule has 3 rings (SSSR count). The third-order valence-electron chi connectivity index (χ3n) is 4.77. The van der Waals surface area contributed by atoms with E-state index in [1.807, 2.05) is 37.3 Å². The zero-order chi connectivity index (χ0) is 20.3. The number of nitriles is 2. The van der Waals surface area contributed by atoms with E-state index in [1.54, 1.807) is 6.92 Å². The lowest BCUT2D eigenvalue weighted by Gasteiger charge is -2.22. The fourth-order valence-corrected chi connectivity index (χ4v) is 3.09. The van der Waals surface area contributed by atoms with Crippen molar-refractivity contribution in [1.29, 1.82) is 10.5 Å². The molecule has 2 aromatic heterocycles. The summed E-state index contributed by atoms with van der Waals surface area (Å²) in [7, 11) is 1.46. The summed E-state index contributed by atoms with van der Waals surface area (Å²) in [6.45, 7) is 3.71. The Balaban J connectivity index is 2.06. The summed E-state index contributed by atoms with van der Waals surface area (Å²) in [6, 6.07) is 13.2. The molecule has 0 spiro atoms.